The largest absolute Gasteiger partial charge is 0.512 e. The Morgan fingerprint density at radius 1 is 1.37 bits per heavy atom. The Morgan fingerprint density at radius 3 is 2.47 bits per heavy atom. The average Bonchev–Trinajstić information content (AvgIpc) is 2.61. The summed E-state index contributed by atoms with van der Waals surface area (Å²) >= 11 is 1.58. The third-order valence-electron chi connectivity index (χ3n) is 4.21. The van der Waals surface area contributed by atoms with E-state index in [1.807, 2.05) is 0 Å². The van der Waals surface area contributed by atoms with Crippen LogP contribution in [0.4, 0.5) is 0 Å². The van der Waals surface area contributed by atoms with Crippen LogP contribution in [0.2, 0.25) is 0 Å². The van der Waals surface area contributed by atoms with Gasteiger partial charge in [0.25, 0.3) is 0 Å². The molecule has 0 radical (unpaired) electrons. The van der Waals surface area contributed by atoms with Crippen molar-refractivity contribution in [3.05, 3.63) is 10.4 Å². The second kappa shape index (κ2) is 5.16. The Morgan fingerprint density at radius 2 is 2.00 bits per heavy atom. The van der Waals surface area contributed by atoms with E-state index in [1.54, 1.807) is 44.5 Å². The Hall–Kier alpha value is -0.425. The fourth-order valence-corrected chi connectivity index (χ4v) is 2.89. The van der Waals surface area contributed by atoms with Crippen LogP contribution in [0.5, 0.6) is 0 Å². The highest BCUT2D eigenvalue weighted by molar-refractivity contribution is 7.11. The molecule has 1 aliphatic carbocycles. The summed E-state index contributed by atoms with van der Waals surface area (Å²) in [5, 5.41) is 20.3. The van der Waals surface area contributed by atoms with Crippen molar-refractivity contribution in [2.75, 3.05) is 0 Å². The van der Waals surface area contributed by atoms with E-state index in [1.165, 1.54) is 6.42 Å². The smallest absolute Gasteiger partial charge is 0.422 e. The molecule has 19 heavy (non-hydrogen) atoms. The molecule has 1 aliphatic rings. The number of rotatable bonds is 5. The lowest BCUT2D eigenvalue weighted by Crippen LogP contribution is -2.54. The first-order valence-electron chi connectivity index (χ1n) is 6.74. The minimum atomic E-state index is -1.08. The lowest BCUT2D eigenvalue weighted by molar-refractivity contribution is -0.0983. The summed E-state index contributed by atoms with van der Waals surface area (Å²) in [5.74, 6) is 0.519. The normalized spacial score (nSPS) is 17.4. The van der Waals surface area contributed by atoms with E-state index in [2.05, 4.69) is 4.98 Å². The van der Waals surface area contributed by atoms with Gasteiger partial charge in [-0.05, 0) is 46.5 Å². The molecule has 0 unspecified atom stereocenters. The number of aliphatic hydroxyl groups is 1. The quantitative estimate of drug-likeness (QED) is 0.807. The van der Waals surface area contributed by atoms with Crippen LogP contribution >= 0.6 is 11.3 Å². The van der Waals surface area contributed by atoms with Crippen molar-refractivity contribution in [1.29, 1.82) is 0 Å². The van der Waals surface area contributed by atoms with E-state index in [0.29, 0.717) is 11.5 Å². The lowest BCUT2D eigenvalue weighted by Gasteiger charge is -2.38. The highest BCUT2D eigenvalue weighted by Gasteiger charge is 2.41. The first-order chi connectivity index (χ1) is 8.72. The second-order valence-corrected chi connectivity index (χ2v) is 7.16. The molecule has 0 bridgehead atoms. The van der Waals surface area contributed by atoms with Crippen LogP contribution in [0.3, 0.4) is 0 Å². The predicted octanol–water partition coefficient (Wildman–Crippen LogP) is 1.66. The third-order valence-corrected chi connectivity index (χ3v) is 5.22. The maximum Gasteiger partial charge on any atom is 0.512 e. The number of hydrogen-bond acceptors (Lipinski definition) is 5. The molecule has 2 rings (SSSR count). The average molecular weight is 283 g/mol. The number of hydrogen-bond donors (Lipinski definition) is 2. The molecule has 1 fully saturated rings. The summed E-state index contributed by atoms with van der Waals surface area (Å²) in [7, 11) is -1.08. The number of aromatic nitrogens is 1. The molecule has 1 heterocycles. The van der Waals surface area contributed by atoms with Gasteiger partial charge >= 0.3 is 7.12 Å². The number of thiazole rings is 1. The summed E-state index contributed by atoms with van der Waals surface area (Å²) in [6, 6.07) is 0. The van der Waals surface area contributed by atoms with Gasteiger partial charge in [-0.3, -0.25) is 4.98 Å². The Labute approximate surface area is 119 Å². The van der Waals surface area contributed by atoms with E-state index in [0.717, 1.165) is 17.7 Å². The minimum absolute atomic E-state index is 0.519. The van der Waals surface area contributed by atoms with Crippen molar-refractivity contribution in [3.8, 4) is 0 Å². The van der Waals surface area contributed by atoms with Gasteiger partial charge in [-0.2, -0.15) is 0 Å². The zero-order valence-corrected chi connectivity index (χ0v) is 12.8. The van der Waals surface area contributed by atoms with Crippen LogP contribution in [-0.2, 0) is 4.65 Å². The molecule has 1 saturated carbocycles. The molecule has 4 nitrogen and oxygen atoms in total. The van der Waals surface area contributed by atoms with Gasteiger partial charge in [0.2, 0.25) is 0 Å². The molecule has 106 valence electrons. The second-order valence-electron chi connectivity index (χ2n) is 6.27. The predicted molar refractivity (Wildman–Crippen MR) is 77.8 cm³/mol. The highest BCUT2D eigenvalue weighted by Crippen LogP contribution is 2.37. The molecule has 6 heteroatoms. The van der Waals surface area contributed by atoms with E-state index in [4.69, 9.17) is 4.65 Å². The van der Waals surface area contributed by atoms with Crippen LogP contribution in [0.15, 0.2) is 5.51 Å². The molecular formula is C13H22BNO3S. The van der Waals surface area contributed by atoms with Crippen molar-refractivity contribution in [1.82, 2.24) is 4.98 Å². The zero-order valence-electron chi connectivity index (χ0n) is 12.0. The van der Waals surface area contributed by atoms with Crippen molar-refractivity contribution >= 4 is 24.0 Å². The Bertz CT molecular complexity index is 437. The van der Waals surface area contributed by atoms with Gasteiger partial charge in [0.05, 0.1) is 22.3 Å². The maximum atomic E-state index is 10.3. The molecule has 0 amide bonds. The molecule has 1 aromatic rings. The highest BCUT2D eigenvalue weighted by atomic mass is 32.1. The first kappa shape index (κ1) is 15.0. The molecule has 0 saturated heterocycles. The van der Waals surface area contributed by atoms with Crippen LogP contribution in [-0.4, -0.2) is 33.4 Å². The van der Waals surface area contributed by atoms with Crippen LogP contribution in [0.25, 0.3) is 0 Å². The Balaban J connectivity index is 2.12. The number of nitrogens with zero attached hydrogens (tertiary/aromatic N) is 1. The van der Waals surface area contributed by atoms with Crippen molar-refractivity contribution in [3.63, 3.8) is 0 Å². The monoisotopic (exact) mass is 283 g/mol. The van der Waals surface area contributed by atoms with Crippen LogP contribution < -0.4 is 5.59 Å². The standard InChI is InChI=1S/C13H22BNO3S/c1-12(2,16)13(3,4)18-14(17)11-10(19-8-15-11)9-6-5-7-9/h8-9,16-17H,5-7H2,1-4H3. The van der Waals surface area contributed by atoms with Crippen molar-refractivity contribution in [2.45, 2.75) is 64.1 Å². The van der Waals surface area contributed by atoms with E-state index < -0.39 is 18.3 Å². The summed E-state index contributed by atoms with van der Waals surface area (Å²) in [6.45, 7) is 6.89. The molecule has 1 aromatic heterocycles. The van der Waals surface area contributed by atoms with Gasteiger partial charge in [0.15, 0.2) is 0 Å². The molecule has 0 aliphatic heterocycles. The summed E-state index contributed by atoms with van der Waals surface area (Å²) < 4.78 is 5.66. The van der Waals surface area contributed by atoms with E-state index in [-0.39, 0.29) is 0 Å². The fourth-order valence-electron chi connectivity index (χ4n) is 1.90. The van der Waals surface area contributed by atoms with Crippen molar-refractivity contribution < 1.29 is 14.8 Å². The fraction of sp³-hybridized carbons (Fsp3) is 0.769. The molecule has 2 N–H and O–H groups in total. The lowest BCUT2D eigenvalue weighted by atomic mass is 9.74. The van der Waals surface area contributed by atoms with Crippen LogP contribution in [0.1, 0.15) is 57.8 Å². The first-order valence-corrected chi connectivity index (χ1v) is 7.62. The topological polar surface area (TPSA) is 62.6 Å². The molecular weight excluding hydrogens is 261 g/mol. The maximum absolute atomic E-state index is 10.3. The minimum Gasteiger partial charge on any atom is -0.422 e. The molecule has 0 atom stereocenters. The van der Waals surface area contributed by atoms with E-state index in [9.17, 15) is 10.1 Å². The zero-order chi connectivity index (χ0) is 14.3. The van der Waals surface area contributed by atoms with Gasteiger partial charge < -0.3 is 14.8 Å². The SMILES string of the molecule is CC(C)(O)C(C)(C)OB(O)c1ncsc1C1CCC1. The molecule has 0 spiro atoms. The Kier molecular flexibility index (Phi) is 4.07. The summed E-state index contributed by atoms with van der Waals surface area (Å²) in [4.78, 5) is 5.38. The van der Waals surface area contributed by atoms with Gasteiger partial charge in [-0.15, -0.1) is 11.3 Å². The van der Waals surface area contributed by atoms with Crippen LogP contribution in [0, 0.1) is 0 Å². The summed E-state index contributed by atoms with van der Waals surface area (Å²) in [6.07, 6.45) is 3.57. The van der Waals surface area contributed by atoms with Gasteiger partial charge in [-0.25, -0.2) is 0 Å². The molecule has 0 aromatic carbocycles. The van der Waals surface area contributed by atoms with Gasteiger partial charge in [0, 0.05) is 4.88 Å². The van der Waals surface area contributed by atoms with Gasteiger partial charge in [-0.1, -0.05) is 6.42 Å². The van der Waals surface area contributed by atoms with E-state index >= 15 is 0 Å². The van der Waals surface area contributed by atoms with Crippen molar-refractivity contribution in [2.24, 2.45) is 0 Å². The summed E-state index contributed by atoms with van der Waals surface area (Å²) in [5.41, 5.74) is 0.479. The van der Waals surface area contributed by atoms with Gasteiger partial charge in [0.1, 0.15) is 0 Å². The third kappa shape index (κ3) is 3.02.